The summed E-state index contributed by atoms with van der Waals surface area (Å²) in [4.78, 5) is 0.202. The lowest BCUT2D eigenvalue weighted by atomic mass is 10.2. The van der Waals surface area contributed by atoms with Gasteiger partial charge in [-0.15, -0.1) is 0 Å². The Bertz CT molecular complexity index is 591. The van der Waals surface area contributed by atoms with Crippen LogP contribution >= 0.6 is 28.1 Å². The predicted octanol–water partition coefficient (Wildman–Crippen LogP) is 3.45. The Labute approximate surface area is 147 Å². The van der Waals surface area contributed by atoms with E-state index >= 15 is 0 Å². The summed E-state index contributed by atoms with van der Waals surface area (Å²) in [6.45, 7) is 2.70. The number of hydrogen-bond acceptors (Lipinski definition) is 3. The van der Waals surface area contributed by atoms with E-state index in [0.29, 0.717) is 6.54 Å². The predicted molar refractivity (Wildman–Crippen MR) is 99.3 cm³/mol. The number of halogens is 1. The summed E-state index contributed by atoms with van der Waals surface area (Å²) in [7, 11) is -3.43. The highest BCUT2D eigenvalue weighted by atomic mass is 79.9. The van der Waals surface area contributed by atoms with Gasteiger partial charge in [-0.2, -0.15) is 4.31 Å². The maximum atomic E-state index is 12.6. The molecule has 2 N–H and O–H groups in total. The van der Waals surface area contributed by atoms with Gasteiger partial charge in [-0.05, 0) is 24.1 Å². The Morgan fingerprint density at radius 3 is 2.64 bits per heavy atom. The van der Waals surface area contributed by atoms with Crippen molar-refractivity contribution in [2.24, 2.45) is 5.73 Å². The van der Waals surface area contributed by atoms with Crippen molar-refractivity contribution in [1.82, 2.24) is 4.31 Å². The minimum Gasteiger partial charge on any atom is -0.392 e. The fourth-order valence-electron chi connectivity index (χ4n) is 2.13. The van der Waals surface area contributed by atoms with E-state index in [0.717, 1.165) is 35.7 Å². The Hall–Kier alpha value is -0.500. The van der Waals surface area contributed by atoms with Gasteiger partial charge < -0.3 is 5.73 Å². The third-order valence-electron chi connectivity index (χ3n) is 3.22. The number of thiocarbonyl (C=S) groups is 1. The monoisotopic (exact) mass is 406 g/mol. The highest BCUT2D eigenvalue weighted by molar-refractivity contribution is 9.10. The molecule has 0 saturated heterocycles. The molecule has 0 fully saturated rings. The lowest BCUT2D eigenvalue weighted by Crippen LogP contribution is -2.39. The molecule has 7 heteroatoms. The van der Waals surface area contributed by atoms with Gasteiger partial charge in [0.2, 0.25) is 10.0 Å². The Balaban J connectivity index is 2.78. The molecule has 0 heterocycles. The fraction of sp³-hybridized carbons (Fsp3) is 0.533. The lowest BCUT2D eigenvalue weighted by molar-refractivity contribution is 0.433. The van der Waals surface area contributed by atoms with Gasteiger partial charge in [0.15, 0.2) is 0 Å². The van der Waals surface area contributed by atoms with Crippen LogP contribution in [0.4, 0.5) is 0 Å². The van der Waals surface area contributed by atoms with Gasteiger partial charge in [0, 0.05) is 11.0 Å². The zero-order valence-corrected chi connectivity index (χ0v) is 16.0. The van der Waals surface area contributed by atoms with Gasteiger partial charge in [-0.1, -0.05) is 66.5 Å². The molecular weight excluding hydrogens is 384 g/mol. The number of sulfonamides is 1. The van der Waals surface area contributed by atoms with E-state index in [1.807, 2.05) is 18.2 Å². The number of hydrogen-bond donors (Lipinski definition) is 1. The first kappa shape index (κ1) is 19.5. The van der Waals surface area contributed by atoms with Crippen LogP contribution < -0.4 is 5.73 Å². The van der Waals surface area contributed by atoms with Gasteiger partial charge in [0.05, 0.1) is 17.3 Å². The second kappa shape index (κ2) is 9.60. The minimum absolute atomic E-state index is 0.0389. The van der Waals surface area contributed by atoms with Gasteiger partial charge >= 0.3 is 0 Å². The molecule has 0 aliphatic carbocycles. The smallest absolute Gasteiger partial charge is 0.218 e. The molecule has 0 saturated carbocycles. The van der Waals surface area contributed by atoms with Crippen molar-refractivity contribution in [2.75, 3.05) is 13.1 Å². The molecule has 1 rings (SSSR count). The van der Waals surface area contributed by atoms with E-state index in [-0.39, 0.29) is 17.3 Å². The molecule has 0 aliphatic rings. The molecule has 1 aromatic rings. The third kappa shape index (κ3) is 7.17. The number of unbranched alkanes of at least 4 members (excludes halogenated alkanes) is 3. The Morgan fingerprint density at radius 2 is 2.05 bits per heavy atom. The van der Waals surface area contributed by atoms with Crippen LogP contribution in [0.25, 0.3) is 0 Å². The molecule has 1 aromatic carbocycles. The number of nitrogens with zero attached hydrogens (tertiary/aromatic N) is 1. The largest absolute Gasteiger partial charge is 0.392 e. The maximum absolute atomic E-state index is 12.6. The van der Waals surface area contributed by atoms with E-state index in [4.69, 9.17) is 18.0 Å². The molecule has 0 unspecified atom stereocenters. The Kier molecular flexibility index (Phi) is 8.53. The van der Waals surface area contributed by atoms with Crippen molar-refractivity contribution in [3.05, 3.63) is 34.3 Å². The SMILES string of the molecule is CCCCCCN(CC(N)=S)S(=O)(=O)Cc1cccc(Br)c1. The van der Waals surface area contributed by atoms with Crippen molar-refractivity contribution in [1.29, 1.82) is 0 Å². The summed E-state index contributed by atoms with van der Waals surface area (Å²) < 4.78 is 27.5. The van der Waals surface area contributed by atoms with Crippen LogP contribution in [0.15, 0.2) is 28.7 Å². The van der Waals surface area contributed by atoms with Crippen LogP contribution in [-0.4, -0.2) is 30.8 Å². The molecule has 0 aliphatic heterocycles. The minimum atomic E-state index is -3.43. The zero-order valence-electron chi connectivity index (χ0n) is 12.8. The second-order valence-corrected chi connectivity index (χ2v) is 8.66. The normalized spacial score (nSPS) is 11.8. The summed E-state index contributed by atoms with van der Waals surface area (Å²) in [5, 5.41) is 0. The maximum Gasteiger partial charge on any atom is 0.218 e. The van der Waals surface area contributed by atoms with Crippen LogP contribution in [0.5, 0.6) is 0 Å². The van der Waals surface area contributed by atoms with Gasteiger partial charge in [-0.3, -0.25) is 0 Å². The molecule has 124 valence electrons. The van der Waals surface area contributed by atoms with Crippen molar-refractivity contribution < 1.29 is 8.42 Å². The quantitative estimate of drug-likeness (QED) is 0.477. The summed E-state index contributed by atoms with van der Waals surface area (Å²) in [5.74, 6) is -0.0389. The first-order chi connectivity index (χ1) is 10.3. The number of rotatable bonds is 10. The van der Waals surface area contributed by atoms with Crippen LogP contribution in [0.1, 0.15) is 38.2 Å². The molecule has 0 atom stereocenters. The number of benzene rings is 1. The van der Waals surface area contributed by atoms with E-state index < -0.39 is 10.0 Å². The molecule has 0 bridgehead atoms. The molecule has 22 heavy (non-hydrogen) atoms. The number of nitrogens with two attached hydrogens (primary N) is 1. The summed E-state index contributed by atoms with van der Waals surface area (Å²) >= 11 is 8.25. The molecule has 0 amide bonds. The molecule has 0 spiro atoms. The van der Waals surface area contributed by atoms with Gasteiger partial charge in [0.25, 0.3) is 0 Å². The van der Waals surface area contributed by atoms with Crippen molar-refractivity contribution in [3.8, 4) is 0 Å². The standard InChI is InChI=1S/C15H23BrN2O2S2/c1-2-3-4-5-9-18(11-15(17)21)22(19,20)12-13-7-6-8-14(16)10-13/h6-8,10H,2-5,9,11-12H2,1H3,(H2,17,21). The average Bonchev–Trinajstić information content (AvgIpc) is 2.41. The first-order valence-corrected chi connectivity index (χ1v) is 10.2. The Morgan fingerprint density at radius 1 is 1.32 bits per heavy atom. The molecule has 0 radical (unpaired) electrons. The van der Waals surface area contributed by atoms with Crippen LogP contribution in [0.3, 0.4) is 0 Å². The highest BCUT2D eigenvalue weighted by Gasteiger charge is 2.22. The fourth-order valence-corrected chi connectivity index (χ4v) is 4.34. The zero-order chi connectivity index (χ0) is 16.6. The van der Waals surface area contributed by atoms with Crippen LogP contribution in [-0.2, 0) is 15.8 Å². The van der Waals surface area contributed by atoms with Crippen molar-refractivity contribution in [2.45, 2.75) is 38.4 Å². The van der Waals surface area contributed by atoms with Crippen LogP contribution in [0, 0.1) is 0 Å². The molecule has 4 nitrogen and oxygen atoms in total. The van der Waals surface area contributed by atoms with Crippen molar-refractivity contribution >= 4 is 43.2 Å². The molecule has 0 aromatic heterocycles. The van der Waals surface area contributed by atoms with Gasteiger partial charge in [-0.25, -0.2) is 8.42 Å². The molecular formula is C15H23BrN2O2S2. The highest BCUT2D eigenvalue weighted by Crippen LogP contribution is 2.17. The summed E-state index contributed by atoms with van der Waals surface area (Å²) in [5.41, 5.74) is 6.30. The van der Waals surface area contributed by atoms with E-state index in [1.54, 1.807) is 6.07 Å². The first-order valence-electron chi connectivity index (χ1n) is 7.35. The lowest BCUT2D eigenvalue weighted by Gasteiger charge is -2.21. The van der Waals surface area contributed by atoms with Crippen LogP contribution in [0.2, 0.25) is 0 Å². The second-order valence-electron chi connectivity index (χ2n) is 5.25. The average molecular weight is 407 g/mol. The third-order valence-corrected chi connectivity index (χ3v) is 5.64. The van der Waals surface area contributed by atoms with Gasteiger partial charge in [0.1, 0.15) is 0 Å². The van der Waals surface area contributed by atoms with E-state index in [1.165, 1.54) is 4.31 Å². The van der Waals surface area contributed by atoms with E-state index in [9.17, 15) is 8.42 Å². The topological polar surface area (TPSA) is 63.4 Å². The summed E-state index contributed by atoms with van der Waals surface area (Å²) in [6, 6.07) is 7.31. The summed E-state index contributed by atoms with van der Waals surface area (Å²) in [6.07, 6.45) is 4.05. The van der Waals surface area contributed by atoms with Crippen molar-refractivity contribution in [3.63, 3.8) is 0 Å². The van der Waals surface area contributed by atoms with E-state index in [2.05, 4.69) is 22.9 Å².